The Morgan fingerprint density at radius 2 is 1.67 bits per heavy atom. The summed E-state index contributed by atoms with van der Waals surface area (Å²) in [4.78, 5) is 0. The van der Waals surface area contributed by atoms with Crippen LogP contribution in [0.25, 0.3) is 0 Å². The fraction of sp³-hybridized carbons (Fsp3) is 1.00. The summed E-state index contributed by atoms with van der Waals surface area (Å²) in [7, 11) is 1.36. The summed E-state index contributed by atoms with van der Waals surface area (Å²) in [5.41, 5.74) is -3.54. The number of rotatable bonds is 2. The van der Waals surface area contributed by atoms with Crippen molar-refractivity contribution in [2.45, 2.75) is 43.1 Å². The third kappa shape index (κ3) is 2.26. The second kappa shape index (κ2) is 3.92. The number of aliphatic hydroxyl groups excluding tert-OH is 1. The van der Waals surface area contributed by atoms with Gasteiger partial charge in [0.15, 0.2) is 5.60 Å². The van der Waals surface area contributed by atoms with Crippen LogP contribution in [0.5, 0.6) is 0 Å². The molecule has 0 radical (unpaired) electrons. The summed E-state index contributed by atoms with van der Waals surface area (Å²) in [6.07, 6.45) is -5.44. The van der Waals surface area contributed by atoms with E-state index in [0.717, 1.165) is 0 Å². The van der Waals surface area contributed by atoms with Gasteiger partial charge in [0.25, 0.3) is 0 Å². The van der Waals surface area contributed by atoms with E-state index in [2.05, 4.69) is 0 Å². The highest BCUT2D eigenvalue weighted by Crippen LogP contribution is 2.45. The smallest absolute Gasteiger partial charge is 0.393 e. The third-order valence-electron chi connectivity index (χ3n) is 3.24. The van der Waals surface area contributed by atoms with Crippen molar-refractivity contribution in [2.75, 3.05) is 13.7 Å². The molecule has 0 aromatic heterocycles. The van der Waals surface area contributed by atoms with E-state index in [0.29, 0.717) is 0 Å². The number of alkyl halides is 3. The van der Waals surface area contributed by atoms with E-state index in [9.17, 15) is 18.3 Å². The van der Waals surface area contributed by atoms with Crippen molar-refractivity contribution in [1.29, 1.82) is 0 Å². The summed E-state index contributed by atoms with van der Waals surface area (Å²) in [5.74, 6) is 0. The Hall–Kier alpha value is -0.330. The molecule has 0 spiro atoms. The average molecular weight is 228 g/mol. The highest BCUT2D eigenvalue weighted by atomic mass is 19.4. The molecule has 1 aliphatic carbocycles. The highest BCUT2D eigenvalue weighted by molar-refractivity contribution is 4.97. The maximum atomic E-state index is 12.4. The number of ether oxygens (including phenoxy) is 1. The minimum absolute atomic E-state index is 0.00993. The van der Waals surface area contributed by atoms with Gasteiger partial charge in [-0.05, 0) is 25.7 Å². The van der Waals surface area contributed by atoms with Gasteiger partial charge in [0.2, 0.25) is 0 Å². The van der Waals surface area contributed by atoms with Gasteiger partial charge >= 0.3 is 6.18 Å². The molecule has 0 atom stereocenters. The molecule has 0 aromatic carbocycles. The first-order valence-electron chi connectivity index (χ1n) is 4.74. The number of methoxy groups -OCH3 is 1. The van der Waals surface area contributed by atoms with E-state index < -0.39 is 30.2 Å². The molecule has 6 heteroatoms. The molecule has 3 nitrogen and oxygen atoms in total. The number of halogens is 3. The molecule has 0 bridgehead atoms. The molecule has 15 heavy (non-hydrogen) atoms. The molecule has 1 aliphatic rings. The van der Waals surface area contributed by atoms with Crippen LogP contribution in [0.4, 0.5) is 13.2 Å². The summed E-state index contributed by atoms with van der Waals surface area (Å²) in [6.45, 7) is -0.322. The zero-order chi connectivity index (χ0) is 11.7. The van der Waals surface area contributed by atoms with Crippen molar-refractivity contribution in [1.82, 2.24) is 0 Å². The Balaban J connectivity index is 2.70. The van der Waals surface area contributed by atoms with Gasteiger partial charge in [-0.25, -0.2) is 0 Å². The zero-order valence-corrected chi connectivity index (χ0v) is 8.47. The van der Waals surface area contributed by atoms with Crippen LogP contribution in [0.2, 0.25) is 0 Å². The molecule has 1 rings (SSSR count). The Bertz CT molecular complexity index is 213. The molecule has 2 N–H and O–H groups in total. The second-order valence-electron chi connectivity index (χ2n) is 4.07. The lowest BCUT2D eigenvalue weighted by molar-refractivity contribution is -0.281. The van der Waals surface area contributed by atoms with E-state index in [4.69, 9.17) is 9.84 Å². The van der Waals surface area contributed by atoms with E-state index in [1.165, 1.54) is 7.11 Å². The predicted octanol–water partition coefficient (Wildman–Crippen LogP) is 1.23. The molecule has 90 valence electrons. The monoisotopic (exact) mass is 228 g/mol. The minimum atomic E-state index is -4.61. The van der Waals surface area contributed by atoms with Crippen molar-refractivity contribution in [3.8, 4) is 0 Å². The van der Waals surface area contributed by atoms with Gasteiger partial charge in [-0.1, -0.05) is 0 Å². The lowest BCUT2D eigenvalue weighted by Crippen LogP contribution is -2.53. The van der Waals surface area contributed by atoms with Gasteiger partial charge in [0.1, 0.15) is 0 Å². The van der Waals surface area contributed by atoms with Gasteiger partial charge in [-0.2, -0.15) is 13.2 Å². The molecule has 0 unspecified atom stereocenters. The Morgan fingerprint density at radius 3 is 1.93 bits per heavy atom. The number of aliphatic hydroxyl groups is 2. The van der Waals surface area contributed by atoms with Crippen LogP contribution < -0.4 is 0 Å². The first kappa shape index (κ1) is 12.7. The van der Waals surface area contributed by atoms with Crippen molar-refractivity contribution in [2.24, 2.45) is 0 Å². The van der Waals surface area contributed by atoms with E-state index in [-0.39, 0.29) is 19.4 Å². The zero-order valence-electron chi connectivity index (χ0n) is 8.47. The topological polar surface area (TPSA) is 49.7 Å². The first-order valence-corrected chi connectivity index (χ1v) is 4.74. The summed E-state index contributed by atoms with van der Waals surface area (Å²) < 4.78 is 42.3. The Morgan fingerprint density at radius 1 is 1.20 bits per heavy atom. The fourth-order valence-electron chi connectivity index (χ4n) is 1.83. The fourth-order valence-corrected chi connectivity index (χ4v) is 1.83. The van der Waals surface area contributed by atoms with Gasteiger partial charge in [0, 0.05) is 7.11 Å². The molecule has 1 fully saturated rings. The van der Waals surface area contributed by atoms with Gasteiger partial charge in [0.05, 0.1) is 12.2 Å². The molecule has 0 aliphatic heterocycles. The van der Waals surface area contributed by atoms with E-state index in [1.807, 2.05) is 0 Å². The number of hydrogen-bond acceptors (Lipinski definition) is 3. The molecule has 0 heterocycles. The summed E-state index contributed by atoms with van der Waals surface area (Å²) in [5, 5.41) is 18.4. The standard InChI is InChI=1S/C9H15F3O3/c1-15-7(6-13)2-4-8(14,5-3-7)9(10,11)12/h13-14H,2-6H2,1H3. The quantitative estimate of drug-likeness (QED) is 0.747. The molecule has 0 aromatic rings. The maximum absolute atomic E-state index is 12.4. The normalized spacial score (nSPS) is 38.0. The molecule has 0 saturated heterocycles. The van der Waals surface area contributed by atoms with Crippen LogP contribution >= 0.6 is 0 Å². The van der Waals surface area contributed by atoms with E-state index in [1.54, 1.807) is 0 Å². The van der Waals surface area contributed by atoms with Gasteiger partial charge in [-0.3, -0.25) is 0 Å². The number of hydrogen-bond donors (Lipinski definition) is 2. The molecular formula is C9H15F3O3. The van der Waals surface area contributed by atoms with Crippen molar-refractivity contribution in [3.63, 3.8) is 0 Å². The van der Waals surface area contributed by atoms with Crippen LogP contribution in [0.3, 0.4) is 0 Å². The van der Waals surface area contributed by atoms with Crippen LogP contribution in [-0.2, 0) is 4.74 Å². The van der Waals surface area contributed by atoms with Crippen LogP contribution in [0.15, 0.2) is 0 Å². The van der Waals surface area contributed by atoms with Crippen LogP contribution in [0.1, 0.15) is 25.7 Å². The largest absolute Gasteiger partial charge is 0.417 e. The lowest BCUT2D eigenvalue weighted by atomic mass is 9.76. The summed E-state index contributed by atoms with van der Waals surface area (Å²) in [6, 6.07) is 0. The third-order valence-corrected chi connectivity index (χ3v) is 3.24. The van der Waals surface area contributed by atoms with Crippen molar-refractivity contribution in [3.05, 3.63) is 0 Å². The van der Waals surface area contributed by atoms with Crippen molar-refractivity contribution < 1.29 is 28.1 Å². The molecule has 1 saturated carbocycles. The van der Waals surface area contributed by atoms with Crippen molar-refractivity contribution >= 4 is 0 Å². The van der Waals surface area contributed by atoms with Crippen LogP contribution in [0, 0.1) is 0 Å². The maximum Gasteiger partial charge on any atom is 0.417 e. The van der Waals surface area contributed by atoms with Gasteiger partial charge < -0.3 is 14.9 Å². The molecular weight excluding hydrogens is 213 g/mol. The van der Waals surface area contributed by atoms with E-state index >= 15 is 0 Å². The Kier molecular flexibility index (Phi) is 3.33. The predicted molar refractivity (Wildman–Crippen MR) is 46.3 cm³/mol. The first-order chi connectivity index (χ1) is 6.79. The second-order valence-corrected chi connectivity index (χ2v) is 4.07. The Labute approximate surface area is 85.9 Å². The SMILES string of the molecule is COC1(CO)CCC(O)(C(F)(F)F)CC1. The lowest BCUT2D eigenvalue weighted by Gasteiger charge is -2.42. The van der Waals surface area contributed by atoms with Gasteiger partial charge in [-0.15, -0.1) is 0 Å². The highest BCUT2D eigenvalue weighted by Gasteiger charge is 2.57. The summed E-state index contributed by atoms with van der Waals surface area (Å²) >= 11 is 0. The minimum Gasteiger partial charge on any atom is -0.393 e. The molecule has 0 amide bonds. The van der Waals surface area contributed by atoms with Crippen LogP contribution in [-0.4, -0.2) is 41.3 Å². The average Bonchev–Trinajstić information content (AvgIpc) is 2.18.